The minimum Gasteiger partial charge on any atom is -0.408 e. The molecule has 3 heterocycles. The number of nitrogens with zero attached hydrogens (tertiary/aromatic N) is 3. The second kappa shape index (κ2) is 9.12. The lowest BCUT2D eigenvalue weighted by molar-refractivity contribution is -0.132. The Morgan fingerprint density at radius 1 is 1.42 bits per heavy atom. The molecule has 1 fully saturated rings. The highest BCUT2D eigenvalue weighted by Crippen LogP contribution is 2.22. The number of pyridine rings is 1. The topological polar surface area (TPSA) is 122 Å². The van der Waals surface area contributed by atoms with Crippen molar-refractivity contribution in [2.45, 2.75) is 25.0 Å². The summed E-state index contributed by atoms with van der Waals surface area (Å²) in [5.41, 5.74) is 3.62. The van der Waals surface area contributed by atoms with Crippen molar-refractivity contribution in [3.8, 4) is 17.3 Å². The summed E-state index contributed by atoms with van der Waals surface area (Å²) in [6.07, 6.45) is 2.29. The molecule has 2 atom stereocenters. The van der Waals surface area contributed by atoms with Crippen LogP contribution >= 0.6 is 0 Å². The molecule has 1 aliphatic rings. The van der Waals surface area contributed by atoms with Gasteiger partial charge in [-0.15, -0.1) is 0 Å². The van der Waals surface area contributed by atoms with Gasteiger partial charge in [-0.2, -0.15) is 5.26 Å². The first kappa shape index (κ1) is 20.8. The minimum atomic E-state index is -0.677. The number of hydrogen-bond acceptors (Lipinski definition) is 7. The normalized spacial score (nSPS) is 17.6. The number of hydrogen-bond donors (Lipinski definition) is 2. The number of aromatic nitrogens is 2. The Kier molecular flexibility index (Phi) is 6.11. The lowest BCUT2D eigenvalue weighted by Gasteiger charge is -2.18. The summed E-state index contributed by atoms with van der Waals surface area (Å²) in [5.74, 6) is -0.699. The zero-order valence-electron chi connectivity index (χ0n) is 17.1. The second-order valence-electron chi connectivity index (χ2n) is 7.47. The molecular weight excluding hydrogens is 398 g/mol. The molecule has 0 saturated carbocycles. The van der Waals surface area contributed by atoms with Gasteiger partial charge in [-0.05, 0) is 42.8 Å². The first-order valence-electron chi connectivity index (χ1n) is 10.1. The minimum absolute atomic E-state index is 0.287. The number of benzene rings is 1. The van der Waals surface area contributed by atoms with Crippen molar-refractivity contribution in [1.29, 1.82) is 5.26 Å². The molecule has 0 radical (unpaired) electrons. The number of amides is 1. The molecule has 1 aromatic carbocycles. The van der Waals surface area contributed by atoms with E-state index in [2.05, 4.69) is 21.7 Å². The molecule has 0 spiro atoms. The largest absolute Gasteiger partial charge is 0.419 e. The van der Waals surface area contributed by atoms with Gasteiger partial charge in [0, 0.05) is 38.4 Å². The molecule has 3 aromatic rings. The van der Waals surface area contributed by atoms with E-state index in [0.29, 0.717) is 30.7 Å². The van der Waals surface area contributed by atoms with Crippen molar-refractivity contribution in [1.82, 2.24) is 20.2 Å². The Morgan fingerprint density at radius 2 is 2.29 bits per heavy atom. The number of carbonyl (C=O) groups excluding carboxylic acids is 1. The molecule has 0 aliphatic carbocycles. The fraction of sp³-hybridized carbons (Fsp3) is 0.364. The van der Waals surface area contributed by atoms with E-state index in [1.165, 1.54) is 4.57 Å². The number of fused-ring (bicyclic) bond motifs is 1. The number of rotatable bonds is 5. The van der Waals surface area contributed by atoms with Crippen LogP contribution in [0.5, 0.6) is 0 Å². The fourth-order valence-electron chi connectivity index (χ4n) is 3.51. The van der Waals surface area contributed by atoms with E-state index >= 15 is 0 Å². The van der Waals surface area contributed by atoms with Gasteiger partial charge in [-0.3, -0.25) is 14.3 Å². The number of ether oxygens (including phenoxy) is 1. The van der Waals surface area contributed by atoms with Crippen molar-refractivity contribution in [3.05, 3.63) is 52.6 Å². The predicted molar refractivity (Wildman–Crippen MR) is 113 cm³/mol. The summed E-state index contributed by atoms with van der Waals surface area (Å²) < 4.78 is 12.1. The van der Waals surface area contributed by atoms with Crippen LogP contribution < -0.4 is 16.4 Å². The Morgan fingerprint density at radius 3 is 3.06 bits per heavy atom. The van der Waals surface area contributed by atoms with Gasteiger partial charge >= 0.3 is 5.76 Å². The molecule has 0 bridgehead atoms. The third-order valence-electron chi connectivity index (χ3n) is 5.26. The zero-order chi connectivity index (χ0) is 21.8. The molecule has 2 N–H and O–H groups in total. The van der Waals surface area contributed by atoms with Crippen LogP contribution in [-0.2, 0) is 23.0 Å². The van der Waals surface area contributed by atoms with Crippen molar-refractivity contribution in [2.24, 2.45) is 7.05 Å². The summed E-state index contributed by atoms with van der Waals surface area (Å²) in [5, 5.41) is 15.4. The van der Waals surface area contributed by atoms with E-state index in [0.717, 1.165) is 29.8 Å². The van der Waals surface area contributed by atoms with Gasteiger partial charge in [0.05, 0.1) is 17.3 Å². The van der Waals surface area contributed by atoms with Crippen molar-refractivity contribution >= 4 is 17.0 Å². The van der Waals surface area contributed by atoms with Crippen LogP contribution in [0.15, 0.2) is 45.7 Å². The van der Waals surface area contributed by atoms with Crippen LogP contribution in [0, 0.1) is 11.3 Å². The highest BCUT2D eigenvalue weighted by molar-refractivity contribution is 5.82. The first-order chi connectivity index (χ1) is 15.0. The Bertz CT molecular complexity index is 1170. The highest BCUT2D eigenvalue weighted by Gasteiger charge is 2.23. The van der Waals surface area contributed by atoms with E-state index in [1.807, 2.05) is 24.3 Å². The highest BCUT2D eigenvalue weighted by atomic mass is 16.5. The fourth-order valence-corrected chi connectivity index (χ4v) is 3.51. The van der Waals surface area contributed by atoms with Gasteiger partial charge < -0.3 is 19.8 Å². The lowest BCUT2D eigenvalue weighted by Crippen LogP contribution is -2.46. The molecule has 1 aliphatic heterocycles. The van der Waals surface area contributed by atoms with Gasteiger partial charge in [-0.25, -0.2) is 4.79 Å². The number of nitriles is 1. The van der Waals surface area contributed by atoms with Gasteiger partial charge in [-0.1, -0.05) is 6.07 Å². The molecule has 160 valence electrons. The van der Waals surface area contributed by atoms with Gasteiger partial charge in [0.25, 0.3) is 5.91 Å². The summed E-state index contributed by atoms with van der Waals surface area (Å²) in [6, 6.07) is 10.6. The Balaban J connectivity index is 1.43. The van der Waals surface area contributed by atoms with Crippen molar-refractivity contribution < 1.29 is 13.9 Å². The molecule has 1 amide bonds. The first-order valence-corrected chi connectivity index (χ1v) is 10.1. The maximum Gasteiger partial charge on any atom is 0.419 e. The van der Waals surface area contributed by atoms with Crippen LogP contribution in [-0.4, -0.2) is 47.3 Å². The van der Waals surface area contributed by atoms with E-state index in [4.69, 9.17) is 9.15 Å². The van der Waals surface area contributed by atoms with Gasteiger partial charge in [0.1, 0.15) is 12.1 Å². The molecule has 1 unspecified atom stereocenters. The Labute approximate surface area is 178 Å². The molecule has 2 aromatic heterocycles. The summed E-state index contributed by atoms with van der Waals surface area (Å²) in [6.45, 7) is 1.77. The number of aryl methyl sites for hydroxylation is 1. The summed E-state index contributed by atoms with van der Waals surface area (Å²) in [7, 11) is 1.65. The molecule has 9 heteroatoms. The Hall–Kier alpha value is -3.48. The van der Waals surface area contributed by atoms with Crippen LogP contribution in [0.1, 0.15) is 12.0 Å². The number of oxazole rings is 1. The third-order valence-corrected chi connectivity index (χ3v) is 5.26. The molecular formula is C22H23N5O4. The molecule has 9 nitrogen and oxygen atoms in total. The SMILES string of the molecule is Cn1c(=O)oc2ccc(-c3ccc(CC(C#N)NC(=O)[C@@H]4CNCCCO4)cn3)cc21. The van der Waals surface area contributed by atoms with E-state index in [9.17, 15) is 14.9 Å². The number of nitrogens with one attached hydrogen (secondary N) is 2. The quantitative estimate of drug-likeness (QED) is 0.633. The average Bonchev–Trinajstić information content (AvgIpc) is 2.96. The maximum atomic E-state index is 12.4. The van der Waals surface area contributed by atoms with Crippen LogP contribution in [0.25, 0.3) is 22.4 Å². The van der Waals surface area contributed by atoms with Gasteiger partial charge in [0.2, 0.25) is 0 Å². The van der Waals surface area contributed by atoms with E-state index < -0.39 is 17.9 Å². The predicted octanol–water partition coefficient (Wildman–Crippen LogP) is 1.12. The number of carbonyl (C=O) groups is 1. The standard InChI is InChI=1S/C22H23N5O4/c1-27-18-10-15(4-6-19(18)31-22(27)29)17-5-3-14(12-25-17)9-16(11-23)26-21(28)20-13-24-7-2-8-30-20/h3-6,10,12,16,20,24H,2,7-9,13H2,1H3,(H,26,28)/t16?,20-/m0/s1. The molecule has 4 rings (SSSR count). The van der Waals surface area contributed by atoms with Crippen LogP contribution in [0.4, 0.5) is 0 Å². The smallest absolute Gasteiger partial charge is 0.408 e. The van der Waals surface area contributed by atoms with Crippen molar-refractivity contribution in [3.63, 3.8) is 0 Å². The van der Waals surface area contributed by atoms with E-state index in [1.54, 1.807) is 19.3 Å². The van der Waals surface area contributed by atoms with Crippen LogP contribution in [0.2, 0.25) is 0 Å². The van der Waals surface area contributed by atoms with Crippen LogP contribution in [0.3, 0.4) is 0 Å². The summed E-state index contributed by atoms with van der Waals surface area (Å²) >= 11 is 0. The summed E-state index contributed by atoms with van der Waals surface area (Å²) in [4.78, 5) is 28.6. The zero-order valence-corrected chi connectivity index (χ0v) is 17.1. The molecule has 1 saturated heterocycles. The lowest BCUT2D eigenvalue weighted by atomic mass is 10.1. The average molecular weight is 421 g/mol. The molecule has 31 heavy (non-hydrogen) atoms. The maximum absolute atomic E-state index is 12.4. The van der Waals surface area contributed by atoms with E-state index in [-0.39, 0.29) is 5.91 Å². The third kappa shape index (κ3) is 4.66. The van der Waals surface area contributed by atoms with Crippen molar-refractivity contribution in [2.75, 3.05) is 19.7 Å². The second-order valence-corrected chi connectivity index (χ2v) is 7.47. The van der Waals surface area contributed by atoms with Gasteiger partial charge in [0.15, 0.2) is 5.58 Å². The monoisotopic (exact) mass is 421 g/mol.